The van der Waals surface area contributed by atoms with Gasteiger partial charge in [-0.2, -0.15) is 0 Å². The standard InChI is InChI=1S/C21H24N3.3C4H9.Sn/c1-4-19-23-20-14(2)13-15(3)22-21(20)24(19)18-12-8-6-10-16-9-5-7-11-17(16)18;3*1-3-4-2;/h7,9,11,13,18H,4,6,8,10,12H2,1-3H3;3*1,3-4H2,2H3;. The Morgan fingerprint density at radius 3 is 2.16 bits per heavy atom. The van der Waals surface area contributed by atoms with Gasteiger partial charge in [0, 0.05) is 0 Å². The summed E-state index contributed by atoms with van der Waals surface area (Å²) in [5.74, 6) is 1.19. The molecule has 1 aliphatic carbocycles. The van der Waals surface area contributed by atoms with Crippen LogP contribution in [0.15, 0.2) is 24.3 Å². The Labute approximate surface area is 230 Å². The van der Waals surface area contributed by atoms with E-state index in [1.807, 2.05) is 3.58 Å². The van der Waals surface area contributed by atoms with Crippen LogP contribution in [-0.2, 0) is 12.8 Å². The van der Waals surface area contributed by atoms with Gasteiger partial charge in [0.2, 0.25) is 0 Å². The van der Waals surface area contributed by atoms with Gasteiger partial charge in [0.1, 0.15) is 0 Å². The number of imidazole rings is 1. The molecule has 1 aromatic carbocycles. The summed E-state index contributed by atoms with van der Waals surface area (Å²) in [6, 6.07) is 10.5. The van der Waals surface area contributed by atoms with Crippen molar-refractivity contribution in [1.82, 2.24) is 14.5 Å². The molecule has 4 rings (SSSR count). The van der Waals surface area contributed by atoms with E-state index in [9.17, 15) is 0 Å². The molecule has 0 bridgehead atoms. The molecule has 0 saturated heterocycles. The van der Waals surface area contributed by atoms with E-state index < -0.39 is 18.4 Å². The number of aromatic nitrogens is 3. The molecule has 1 atom stereocenters. The first-order valence-corrected chi connectivity index (χ1v) is 22.9. The minimum absolute atomic E-state index is 0.353. The van der Waals surface area contributed by atoms with Gasteiger partial charge in [0.25, 0.3) is 0 Å². The van der Waals surface area contributed by atoms with Crippen molar-refractivity contribution in [3.05, 3.63) is 52.5 Å². The van der Waals surface area contributed by atoms with Crippen molar-refractivity contribution >= 4 is 33.1 Å². The van der Waals surface area contributed by atoms with Crippen LogP contribution < -0.4 is 3.58 Å². The summed E-state index contributed by atoms with van der Waals surface area (Å²) >= 11 is -2.45. The van der Waals surface area contributed by atoms with Crippen molar-refractivity contribution in [3.63, 3.8) is 0 Å². The molecule has 3 nitrogen and oxygen atoms in total. The first kappa shape index (κ1) is 28.6. The second kappa shape index (κ2) is 13.1. The number of nitrogens with zero attached hydrogens (tertiary/aromatic N) is 3. The summed E-state index contributed by atoms with van der Waals surface area (Å²) < 4.78 is 8.99. The summed E-state index contributed by atoms with van der Waals surface area (Å²) in [7, 11) is 0. The van der Waals surface area contributed by atoms with Crippen LogP contribution in [0.4, 0.5) is 0 Å². The topological polar surface area (TPSA) is 30.7 Å². The second-order valence-corrected chi connectivity index (χ2v) is 25.0. The fourth-order valence-corrected chi connectivity index (χ4v) is 23.0. The molecule has 4 heteroatoms. The molecular weight excluding hydrogens is 557 g/mol. The fourth-order valence-electron chi connectivity index (χ4n) is 6.91. The number of rotatable bonds is 12. The van der Waals surface area contributed by atoms with Gasteiger partial charge in [-0.1, -0.05) is 0 Å². The molecular formula is C33H51N3Sn. The van der Waals surface area contributed by atoms with Gasteiger partial charge < -0.3 is 0 Å². The van der Waals surface area contributed by atoms with Crippen LogP contribution in [0.2, 0.25) is 13.3 Å². The number of hydrogen-bond donors (Lipinski definition) is 0. The molecule has 0 fully saturated rings. The van der Waals surface area contributed by atoms with Gasteiger partial charge >= 0.3 is 232 Å². The maximum absolute atomic E-state index is 5.12. The number of pyridine rings is 1. The van der Waals surface area contributed by atoms with Crippen LogP contribution in [0, 0.1) is 13.8 Å². The third kappa shape index (κ3) is 6.12. The molecule has 0 spiro atoms. The predicted molar refractivity (Wildman–Crippen MR) is 163 cm³/mol. The fraction of sp³-hybridized carbons (Fsp3) is 0.636. The molecule has 2 aromatic heterocycles. The van der Waals surface area contributed by atoms with Gasteiger partial charge in [-0.05, 0) is 0 Å². The quantitative estimate of drug-likeness (QED) is 0.152. The molecule has 0 N–H and O–H groups in total. The Morgan fingerprint density at radius 1 is 0.865 bits per heavy atom. The minimum atomic E-state index is -2.45. The van der Waals surface area contributed by atoms with Crippen molar-refractivity contribution in [2.75, 3.05) is 0 Å². The third-order valence-electron chi connectivity index (χ3n) is 8.98. The van der Waals surface area contributed by atoms with Crippen LogP contribution in [0.5, 0.6) is 0 Å². The molecule has 1 unspecified atom stereocenters. The molecule has 0 radical (unpaired) electrons. The van der Waals surface area contributed by atoms with Gasteiger partial charge in [0.15, 0.2) is 0 Å². The second-order valence-electron chi connectivity index (χ2n) is 11.8. The number of benzene rings is 1. The molecule has 0 aliphatic heterocycles. The van der Waals surface area contributed by atoms with E-state index in [2.05, 4.69) is 70.4 Å². The summed E-state index contributed by atoms with van der Waals surface area (Å²) in [5.41, 5.74) is 7.73. The van der Waals surface area contributed by atoms with Gasteiger partial charge in [0.05, 0.1) is 0 Å². The van der Waals surface area contributed by atoms with Gasteiger partial charge in [-0.25, -0.2) is 0 Å². The Kier molecular flexibility index (Phi) is 10.2. The zero-order valence-corrected chi connectivity index (χ0v) is 27.5. The summed E-state index contributed by atoms with van der Waals surface area (Å²) in [4.78, 5) is 10.2. The van der Waals surface area contributed by atoms with Crippen LogP contribution in [-0.4, -0.2) is 32.9 Å². The molecule has 1 aliphatic rings. The monoisotopic (exact) mass is 609 g/mol. The SMILES string of the molecule is CCC[CH2][Sn]([CH2]CCC)([CH2]CCC)[c]1ccc2c(c1)CCCCC2n1c(CC)nc2c(C)cc(C)nc21. The third-order valence-corrected chi connectivity index (χ3v) is 24.6. The van der Waals surface area contributed by atoms with Gasteiger partial charge in [-0.3, -0.25) is 0 Å². The molecule has 3 aromatic rings. The molecule has 0 amide bonds. The molecule has 37 heavy (non-hydrogen) atoms. The van der Waals surface area contributed by atoms with Crippen molar-refractivity contribution in [1.29, 1.82) is 0 Å². The predicted octanol–water partition coefficient (Wildman–Crippen LogP) is 8.98. The van der Waals surface area contributed by atoms with E-state index >= 15 is 0 Å². The van der Waals surface area contributed by atoms with Crippen molar-refractivity contribution in [2.45, 2.75) is 132 Å². The summed E-state index contributed by atoms with van der Waals surface area (Å²) in [6.45, 7) is 13.7. The van der Waals surface area contributed by atoms with E-state index in [0.717, 1.165) is 23.3 Å². The number of aryl methyl sites for hydroxylation is 4. The number of hydrogen-bond acceptors (Lipinski definition) is 2. The normalized spacial score (nSPS) is 16.2. The van der Waals surface area contributed by atoms with Crippen molar-refractivity contribution < 1.29 is 0 Å². The molecule has 2 heterocycles. The Hall–Kier alpha value is -1.36. The van der Waals surface area contributed by atoms with Gasteiger partial charge in [-0.15, -0.1) is 0 Å². The van der Waals surface area contributed by atoms with Crippen molar-refractivity contribution in [3.8, 4) is 0 Å². The maximum atomic E-state index is 5.12. The summed E-state index contributed by atoms with van der Waals surface area (Å²) in [5, 5.41) is 0. The van der Waals surface area contributed by atoms with E-state index in [1.54, 1.807) is 24.4 Å². The summed E-state index contributed by atoms with van der Waals surface area (Å²) in [6.07, 6.45) is 14.2. The van der Waals surface area contributed by atoms with Crippen LogP contribution in [0.3, 0.4) is 0 Å². The van der Waals surface area contributed by atoms with Crippen molar-refractivity contribution in [2.24, 2.45) is 0 Å². The van der Waals surface area contributed by atoms with E-state index in [0.29, 0.717) is 6.04 Å². The average Bonchev–Trinajstić information content (AvgIpc) is 3.14. The number of fused-ring (bicyclic) bond motifs is 2. The first-order valence-electron chi connectivity index (χ1n) is 15.5. The Balaban J connectivity index is 1.83. The van der Waals surface area contributed by atoms with E-state index in [4.69, 9.17) is 9.97 Å². The van der Waals surface area contributed by atoms with Crippen LogP contribution in [0.1, 0.15) is 120 Å². The molecule has 202 valence electrons. The van der Waals surface area contributed by atoms with Crippen LogP contribution >= 0.6 is 0 Å². The zero-order chi connectivity index (χ0) is 26.4. The van der Waals surface area contributed by atoms with Crippen LogP contribution in [0.25, 0.3) is 11.2 Å². The van der Waals surface area contributed by atoms with E-state index in [-0.39, 0.29) is 0 Å². The zero-order valence-electron chi connectivity index (χ0n) is 24.6. The molecule has 0 saturated carbocycles. The number of unbranched alkanes of at least 4 members (excludes halogenated alkanes) is 3. The average molecular weight is 609 g/mol. The Morgan fingerprint density at radius 2 is 1.54 bits per heavy atom. The first-order chi connectivity index (χ1) is 18.0. The Bertz CT molecular complexity index is 1160. The van der Waals surface area contributed by atoms with E-state index in [1.165, 1.54) is 75.6 Å².